The molecular weight excluding hydrogens is 306 g/mol. The van der Waals surface area contributed by atoms with Gasteiger partial charge < -0.3 is 10.4 Å². The second-order valence-corrected chi connectivity index (χ2v) is 4.96. The Kier molecular flexibility index (Phi) is 5.16. The van der Waals surface area contributed by atoms with Crippen molar-refractivity contribution in [3.8, 4) is 0 Å². The summed E-state index contributed by atoms with van der Waals surface area (Å²) < 4.78 is 51.2. The molecule has 122 valence electrons. The van der Waals surface area contributed by atoms with E-state index in [9.17, 15) is 27.2 Å². The standard InChI is InChI=1S/C14H15F4NO3/c1-3-13(2,12(21)22)19-11(20)10(15)8-4-6-9(7-5-8)14(16,17)18/h4-7,10H,3H2,1-2H3,(H,19,20)(H,21,22). The van der Waals surface area contributed by atoms with Gasteiger partial charge in [-0.2, -0.15) is 13.2 Å². The summed E-state index contributed by atoms with van der Waals surface area (Å²) in [6.07, 6.45) is -6.79. The molecule has 1 amide bonds. The van der Waals surface area contributed by atoms with Crippen LogP contribution in [0.2, 0.25) is 0 Å². The third kappa shape index (κ3) is 3.96. The van der Waals surface area contributed by atoms with Gasteiger partial charge in [-0.25, -0.2) is 9.18 Å². The lowest BCUT2D eigenvalue weighted by molar-refractivity contribution is -0.148. The zero-order chi connectivity index (χ0) is 17.1. The minimum absolute atomic E-state index is 0.0216. The van der Waals surface area contributed by atoms with Crippen LogP contribution in [-0.4, -0.2) is 22.5 Å². The average Bonchev–Trinajstić information content (AvgIpc) is 2.45. The van der Waals surface area contributed by atoms with E-state index in [4.69, 9.17) is 5.11 Å². The molecule has 1 rings (SSSR count). The maximum Gasteiger partial charge on any atom is 0.416 e. The molecule has 0 bridgehead atoms. The van der Waals surface area contributed by atoms with Crippen molar-refractivity contribution in [1.29, 1.82) is 0 Å². The molecule has 0 radical (unpaired) electrons. The monoisotopic (exact) mass is 321 g/mol. The van der Waals surface area contributed by atoms with Gasteiger partial charge in [-0.15, -0.1) is 0 Å². The van der Waals surface area contributed by atoms with Gasteiger partial charge in [0.15, 0.2) is 0 Å². The van der Waals surface area contributed by atoms with Crippen molar-refractivity contribution in [3.05, 3.63) is 35.4 Å². The van der Waals surface area contributed by atoms with Crippen LogP contribution in [0.15, 0.2) is 24.3 Å². The molecule has 0 aromatic heterocycles. The van der Waals surface area contributed by atoms with Gasteiger partial charge in [-0.1, -0.05) is 19.1 Å². The van der Waals surface area contributed by atoms with Gasteiger partial charge in [0.2, 0.25) is 6.17 Å². The van der Waals surface area contributed by atoms with Gasteiger partial charge >= 0.3 is 12.1 Å². The fourth-order valence-corrected chi connectivity index (χ4v) is 1.62. The number of hydrogen-bond acceptors (Lipinski definition) is 2. The molecule has 0 saturated heterocycles. The minimum atomic E-state index is -4.56. The number of nitrogens with one attached hydrogen (secondary N) is 1. The molecule has 1 aromatic carbocycles. The highest BCUT2D eigenvalue weighted by molar-refractivity contribution is 5.89. The Morgan fingerprint density at radius 3 is 2.09 bits per heavy atom. The molecule has 22 heavy (non-hydrogen) atoms. The fourth-order valence-electron chi connectivity index (χ4n) is 1.62. The molecule has 8 heteroatoms. The molecule has 2 unspecified atom stereocenters. The summed E-state index contributed by atoms with van der Waals surface area (Å²) in [5.74, 6) is -2.55. The maximum atomic E-state index is 14.0. The molecule has 0 fully saturated rings. The number of halogens is 4. The highest BCUT2D eigenvalue weighted by Crippen LogP contribution is 2.30. The summed E-state index contributed by atoms with van der Waals surface area (Å²) in [5, 5.41) is 11.0. The third-order valence-corrected chi connectivity index (χ3v) is 3.34. The molecule has 0 saturated carbocycles. The summed E-state index contributed by atoms with van der Waals surface area (Å²) in [6, 6.07) is 3.01. The smallest absolute Gasteiger partial charge is 0.416 e. The van der Waals surface area contributed by atoms with Crippen LogP contribution in [-0.2, 0) is 15.8 Å². The van der Waals surface area contributed by atoms with E-state index in [0.717, 1.165) is 12.1 Å². The predicted octanol–water partition coefficient (Wildman–Crippen LogP) is 3.09. The Labute approximate surface area is 124 Å². The van der Waals surface area contributed by atoms with E-state index in [1.165, 1.54) is 13.8 Å². The minimum Gasteiger partial charge on any atom is -0.480 e. The quantitative estimate of drug-likeness (QED) is 0.819. The number of rotatable bonds is 5. The largest absolute Gasteiger partial charge is 0.480 e. The van der Waals surface area contributed by atoms with Gasteiger partial charge in [0.1, 0.15) is 5.54 Å². The van der Waals surface area contributed by atoms with Crippen molar-refractivity contribution in [1.82, 2.24) is 5.32 Å². The Hall–Kier alpha value is -2.12. The Bertz CT molecular complexity index is 556. The SMILES string of the molecule is CCC(C)(NC(=O)C(F)c1ccc(C(F)(F)F)cc1)C(=O)O. The van der Waals surface area contributed by atoms with Crippen LogP contribution in [0, 0.1) is 0 Å². The van der Waals surface area contributed by atoms with E-state index >= 15 is 0 Å². The van der Waals surface area contributed by atoms with E-state index in [-0.39, 0.29) is 12.0 Å². The average molecular weight is 321 g/mol. The molecule has 0 heterocycles. The summed E-state index contributed by atoms with van der Waals surface area (Å²) in [7, 11) is 0. The first kappa shape index (κ1) is 17.9. The predicted molar refractivity (Wildman–Crippen MR) is 69.8 cm³/mol. The molecule has 1 aromatic rings. The number of alkyl halides is 4. The number of carboxylic acid groups (broad SMARTS) is 1. The van der Waals surface area contributed by atoms with Crippen molar-refractivity contribution >= 4 is 11.9 Å². The van der Waals surface area contributed by atoms with Crippen LogP contribution in [0.3, 0.4) is 0 Å². The molecule has 2 N–H and O–H groups in total. The molecule has 0 aliphatic heterocycles. The van der Waals surface area contributed by atoms with Crippen LogP contribution in [0.5, 0.6) is 0 Å². The number of aliphatic carboxylic acids is 1. The van der Waals surface area contributed by atoms with E-state index < -0.39 is 35.3 Å². The molecule has 2 atom stereocenters. The van der Waals surface area contributed by atoms with Crippen molar-refractivity contribution in [2.75, 3.05) is 0 Å². The van der Waals surface area contributed by atoms with Crippen LogP contribution in [0.4, 0.5) is 17.6 Å². The van der Waals surface area contributed by atoms with E-state index in [0.29, 0.717) is 12.1 Å². The Morgan fingerprint density at radius 2 is 1.73 bits per heavy atom. The van der Waals surface area contributed by atoms with Gasteiger partial charge in [-0.05, 0) is 31.0 Å². The van der Waals surface area contributed by atoms with Crippen molar-refractivity contribution < 1.29 is 32.3 Å². The van der Waals surface area contributed by atoms with Crippen LogP contribution >= 0.6 is 0 Å². The zero-order valence-corrected chi connectivity index (χ0v) is 11.9. The van der Waals surface area contributed by atoms with Crippen LogP contribution in [0.1, 0.15) is 37.6 Å². The van der Waals surface area contributed by atoms with Gasteiger partial charge in [0.25, 0.3) is 5.91 Å². The molecule has 0 spiro atoms. The lowest BCUT2D eigenvalue weighted by Crippen LogP contribution is -2.52. The first-order chi connectivity index (χ1) is 10.0. The number of carboxylic acids is 1. The van der Waals surface area contributed by atoms with E-state index in [1.54, 1.807) is 0 Å². The summed E-state index contributed by atoms with van der Waals surface area (Å²) in [5.41, 5.74) is -2.89. The normalized spacial score (nSPS) is 15.7. The molecule has 0 aliphatic carbocycles. The number of carbonyl (C=O) groups excluding carboxylic acids is 1. The third-order valence-electron chi connectivity index (χ3n) is 3.34. The van der Waals surface area contributed by atoms with Crippen molar-refractivity contribution in [2.45, 2.75) is 38.2 Å². The number of amides is 1. The Morgan fingerprint density at radius 1 is 1.23 bits per heavy atom. The van der Waals surface area contributed by atoms with Gasteiger partial charge in [0, 0.05) is 0 Å². The Balaban J connectivity index is 2.90. The van der Waals surface area contributed by atoms with Crippen LogP contribution in [0.25, 0.3) is 0 Å². The van der Waals surface area contributed by atoms with Crippen LogP contribution < -0.4 is 5.32 Å². The first-order valence-electron chi connectivity index (χ1n) is 6.38. The summed E-state index contributed by atoms with van der Waals surface area (Å²) in [6.45, 7) is 2.71. The molecule has 0 aliphatic rings. The highest BCUT2D eigenvalue weighted by Gasteiger charge is 2.36. The first-order valence-corrected chi connectivity index (χ1v) is 6.38. The summed E-state index contributed by atoms with van der Waals surface area (Å²) >= 11 is 0. The number of hydrogen-bond donors (Lipinski definition) is 2. The van der Waals surface area contributed by atoms with E-state index in [1.807, 2.05) is 5.32 Å². The zero-order valence-electron chi connectivity index (χ0n) is 11.9. The van der Waals surface area contributed by atoms with Gasteiger partial charge in [-0.3, -0.25) is 4.79 Å². The molecule has 4 nitrogen and oxygen atoms in total. The fraction of sp³-hybridized carbons (Fsp3) is 0.429. The topological polar surface area (TPSA) is 66.4 Å². The maximum absolute atomic E-state index is 14.0. The van der Waals surface area contributed by atoms with Crippen molar-refractivity contribution in [3.63, 3.8) is 0 Å². The summed E-state index contributed by atoms with van der Waals surface area (Å²) in [4.78, 5) is 22.8. The van der Waals surface area contributed by atoms with E-state index in [2.05, 4.69) is 0 Å². The lowest BCUT2D eigenvalue weighted by Gasteiger charge is -2.25. The second kappa shape index (κ2) is 6.33. The second-order valence-electron chi connectivity index (χ2n) is 4.96. The highest BCUT2D eigenvalue weighted by atomic mass is 19.4. The lowest BCUT2D eigenvalue weighted by atomic mass is 9.98. The van der Waals surface area contributed by atoms with Crippen molar-refractivity contribution in [2.24, 2.45) is 0 Å². The van der Waals surface area contributed by atoms with Gasteiger partial charge in [0.05, 0.1) is 5.56 Å². The number of carbonyl (C=O) groups is 2. The number of benzene rings is 1. The molecular formula is C14H15F4NO3.